The monoisotopic (exact) mass is 320 g/mol. The van der Waals surface area contributed by atoms with Crippen molar-refractivity contribution in [3.8, 4) is 6.07 Å². The van der Waals surface area contributed by atoms with E-state index in [9.17, 15) is 0 Å². The molecule has 4 heteroatoms. The molecule has 0 bridgehead atoms. The molecule has 0 aliphatic heterocycles. The molecule has 92 valence electrons. The van der Waals surface area contributed by atoms with Crippen LogP contribution in [0.1, 0.15) is 20.9 Å². The molecule has 0 aliphatic carbocycles. The van der Waals surface area contributed by atoms with E-state index in [1.54, 1.807) is 11.3 Å². The van der Waals surface area contributed by atoms with Crippen molar-refractivity contribution in [3.63, 3.8) is 0 Å². The van der Waals surface area contributed by atoms with Crippen molar-refractivity contribution in [1.29, 1.82) is 5.26 Å². The van der Waals surface area contributed by atoms with Crippen molar-refractivity contribution >= 4 is 27.3 Å². The maximum absolute atomic E-state index is 8.71. The topological polar surface area (TPSA) is 35.8 Å². The lowest BCUT2D eigenvalue weighted by atomic mass is 10.1. The Morgan fingerprint density at radius 1 is 1.28 bits per heavy atom. The van der Waals surface area contributed by atoms with Crippen molar-refractivity contribution < 1.29 is 0 Å². The minimum absolute atomic E-state index is 0.705. The molecule has 1 heterocycles. The van der Waals surface area contributed by atoms with Crippen molar-refractivity contribution in [3.05, 3.63) is 55.7 Å². The minimum Gasteiger partial charge on any atom is -0.308 e. The molecule has 2 aromatic rings. The Labute approximate surface area is 119 Å². The van der Waals surface area contributed by atoms with Gasteiger partial charge in [0.1, 0.15) is 0 Å². The summed E-state index contributed by atoms with van der Waals surface area (Å²) in [5.41, 5.74) is 1.90. The lowest BCUT2D eigenvalue weighted by Gasteiger charge is -2.03. The highest BCUT2D eigenvalue weighted by Crippen LogP contribution is 2.26. The number of hydrogen-bond donors (Lipinski definition) is 1. The number of aryl methyl sites for hydroxylation is 1. The number of thiophene rings is 1. The van der Waals surface area contributed by atoms with Crippen molar-refractivity contribution in [2.75, 3.05) is 0 Å². The van der Waals surface area contributed by atoms with Gasteiger partial charge in [0.25, 0.3) is 0 Å². The number of nitrogens with one attached hydrogen (secondary N) is 1. The minimum atomic E-state index is 0.705. The highest BCUT2D eigenvalue weighted by atomic mass is 79.9. The number of benzene rings is 1. The summed E-state index contributed by atoms with van der Waals surface area (Å²) in [6.07, 6.45) is 0. The Bertz CT molecular complexity index is 547. The van der Waals surface area contributed by atoms with Gasteiger partial charge >= 0.3 is 0 Å². The van der Waals surface area contributed by atoms with E-state index in [0.717, 1.165) is 13.1 Å². The standard InChI is InChI=1S/C14H13BrN2S/c1-10-14(15)6-13(18-10)9-17-8-12-4-2-11(7-16)3-5-12/h2-6,17H,8-9H2,1H3. The van der Waals surface area contributed by atoms with Crippen LogP contribution in [0.15, 0.2) is 34.8 Å². The molecule has 2 nitrogen and oxygen atoms in total. The molecule has 0 amide bonds. The molecule has 18 heavy (non-hydrogen) atoms. The van der Waals surface area contributed by atoms with Crippen LogP contribution < -0.4 is 5.32 Å². The predicted molar refractivity (Wildman–Crippen MR) is 78.5 cm³/mol. The van der Waals surface area contributed by atoms with Crippen LogP contribution in [0, 0.1) is 18.3 Å². The third-order valence-corrected chi connectivity index (χ3v) is 4.76. The third-order valence-electron chi connectivity index (χ3n) is 2.62. The van der Waals surface area contributed by atoms with Crippen LogP contribution in [0.5, 0.6) is 0 Å². The fraction of sp³-hybridized carbons (Fsp3) is 0.214. The molecule has 1 N–H and O–H groups in total. The fourth-order valence-electron chi connectivity index (χ4n) is 1.63. The van der Waals surface area contributed by atoms with Crippen LogP contribution in [0.4, 0.5) is 0 Å². The number of rotatable bonds is 4. The van der Waals surface area contributed by atoms with Crippen molar-refractivity contribution in [2.24, 2.45) is 0 Å². The second-order valence-corrected chi connectivity index (χ2v) is 6.22. The molecular weight excluding hydrogens is 308 g/mol. The summed E-state index contributed by atoms with van der Waals surface area (Å²) < 4.78 is 1.18. The van der Waals surface area contributed by atoms with Gasteiger partial charge in [0.15, 0.2) is 0 Å². The van der Waals surface area contributed by atoms with E-state index in [-0.39, 0.29) is 0 Å². The van der Waals surface area contributed by atoms with E-state index in [2.05, 4.69) is 40.3 Å². The van der Waals surface area contributed by atoms with Gasteiger partial charge in [0, 0.05) is 27.3 Å². The van der Waals surface area contributed by atoms with Gasteiger partial charge in [0.05, 0.1) is 11.6 Å². The molecule has 0 saturated carbocycles. The van der Waals surface area contributed by atoms with Crippen molar-refractivity contribution in [2.45, 2.75) is 20.0 Å². The first-order valence-corrected chi connectivity index (χ1v) is 7.24. The quantitative estimate of drug-likeness (QED) is 0.924. The molecule has 1 aromatic heterocycles. The Hall–Kier alpha value is -1.15. The van der Waals surface area contributed by atoms with Gasteiger partial charge in [-0.25, -0.2) is 0 Å². The predicted octanol–water partition coefficient (Wildman–Crippen LogP) is 3.98. The summed E-state index contributed by atoms with van der Waals surface area (Å²) >= 11 is 5.32. The third kappa shape index (κ3) is 3.42. The van der Waals surface area contributed by atoms with Crippen LogP contribution in [0.2, 0.25) is 0 Å². The van der Waals surface area contributed by atoms with E-state index in [1.807, 2.05) is 24.3 Å². The molecule has 0 fully saturated rings. The summed E-state index contributed by atoms with van der Waals surface area (Å²) in [6, 6.07) is 12.0. The second-order valence-electron chi connectivity index (χ2n) is 4.03. The molecule has 0 spiro atoms. The lowest BCUT2D eigenvalue weighted by Crippen LogP contribution is -2.11. The summed E-state index contributed by atoms with van der Waals surface area (Å²) in [6.45, 7) is 3.80. The van der Waals surface area contributed by atoms with Crippen LogP contribution in [-0.4, -0.2) is 0 Å². The summed E-state index contributed by atoms with van der Waals surface area (Å²) in [5.74, 6) is 0. The fourth-order valence-corrected chi connectivity index (χ4v) is 3.20. The molecular formula is C14H13BrN2S. The first-order chi connectivity index (χ1) is 8.69. The highest BCUT2D eigenvalue weighted by Gasteiger charge is 2.02. The molecule has 0 radical (unpaired) electrons. The van der Waals surface area contributed by atoms with E-state index >= 15 is 0 Å². The van der Waals surface area contributed by atoms with Gasteiger partial charge in [0.2, 0.25) is 0 Å². The zero-order valence-corrected chi connectivity index (χ0v) is 12.4. The summed E-state index contributed by atoms with van der Waals surface area (Å²) in [5, 5.41) is 12.1. The normalized spacial score (nSPS) is 10.3. The molecule has 1 aromatic carbocycles. The molecule has 2 rings (SSSR count). The van der Waals surface area contributed by atoms with Gasteiger partial charge in [-0.15, -0.1) is 11.3 Å². The van der Waals surface area contributed by atoms with Gasteiger partial charge in [-0.05, 0) is 46.6 Å². The van der Waals surface area contributed by atoms with Crippen LogP contribution >= 0.6 is 27.3 Å². The maximum atomic E-state index is 8.71. The van der Waals surface area contributed by atoms with Gasteiger partial charge in [-0.1, -0.05) is 12.1 Å². The van der Waals surface area contributed by atoms with Gasteiger partial charge in [-0.2, -0.15) is 5.26 Å². The van der Waals surface area contributed by atoms with E-state index in [1.165, 1.54) is 19.8 Å². The smallest absolute Gasteiger partial charge is 0.0991 e. The highest BCUT2D eigenvalue weighted by molar-refractivity contribution is 9.10. The molecule has 0 unspecified atom stereocenters. The lowest BCUT2D eigenvalue weighted by molar-refractivity contribution is 0.701. The average molecular weight is 321 g/mol. The first kappa shape index (κ1) is 13.3. The number of hydrogen-bond acceptors (Lipinski definition) is 3. The van der Waals surface area contributed by atoms with E-state index in [0.29, 0.717) is 5.56 Å². The van der Waals surface area contributed by atoms with E-state index in [4.69, 9.17) is 5.26 Å². The molecule has 0 atom stereocenters. The Kier molecular flexibility index (Phi) is 4.54. The van der Waals surface area contributed by atoms with Crippen LogP contribution in [0.25, 0.3) is 0 Å². The van der Waals surface area contributed by atoms with Gasteiger partial charge < -0.3 is 5.32 Å². The summed E-state index contributed by atoms with van der Waals surface area (Å²) in [4.78, 5) is 2.64. The number of halogens is 1. The van der Waals surface area contributed by atoms with Crippen molar-refractivity contribution in [1.82, 2.24) is 5.32 Å². The molecule has 0 saturated heterocycles. The second kappa shape index (κ2) is 6.14. The average Bonchev–Trinajstić information content (AvgIpc) is 2.69. The number of nitriles is 1. The zero-order valence-electron chi connectivity index (χ0n) is 10.0. The Morgan fingerprint density at radius 2 is 2.00 bits per heavy atom. The first-order valence-electron chi connectivity index (χ1n) is 5.63. The SMILES string of the molecule is Cc1sc(CNCc2ccc(C#N)cc2)cc1Br. The Morgan fingerprint density at radius 3 is 2.56 bits per heavy atom. The van der Waals surface area contributed by atoms with Crippen LogP contribution in [0.3, 0.4) is 0 Å². The van der Waals surface area contributed by atoms with E-state index < -0.39 is 0 Å². The van der Waals surface area contributed by atoms with Crippen LogP contribution in [-0.2, 0) is 13.1 Å². The maximum Gasteiger partial charge on any atom is 0.0991 e. The number of nitrogens with zero attached hydrogens (tertiary/aromatic N) is 1. The Balaban J connectivity index is 1.86. The van der Waals surface area contributed by atoms with Gasteiger partial charge in [-0.3, -0.25) is 0 Å². The largest absolute Gasteiger partial charge is 0.308 e. The molecule has 0 aliphatic rings. The summed E-state index contributed by atoms with van der Waals surface area (Å²) in [7, 11) is 0. The zero-order chi connectivity index (χ0) is 13.0.